The third-order valence-electron chi connectivity index (χ3n) is 0.578. The van der Waals surface area contributed by atoms with Gasteiger partial charge in [-0.1, -0.05) is 4.57 Å². The predicted octanol–water partition coefficient (Wildman–Crippen LogP) is 1.04. The van der Waals surface area contributed by atoms with Gasteiger partial charge in [0.05, 0.1) is 6.42 Å². The molecule has 1 atom stereocenters. The van der Waals surface area contributed by atoms with Gasteiger partial charge in [0.25, 0.3) is 0 Å². The van der Waals surface area contributed by atoms with Crippen molar-refractivity contribution in [2.24, 2.45) is 0 Å². The molecule has 0 N–H and O–H groups in total. The Kier molecular flexibility index (Phi) is 3.08. The highest BCUT2D eigenvalue weighted by atomic mass is 31.1. The molecule has 0 bridgehead atoms. The summed E-state index contributed by atoms with van der Waals surface area (Å²) in [5.41, 5.74) is 0. The van der Waals surface area contributed by atoms with Crippen LogP contribution in [0.4, 0.5) is 13.2 Å². The Morgan fingerprint density at radius 3 is 2.00 bits per heavy atom. The van der Waals surface area contributed by atoms with Crippen molar-refractivity contribution >= 4 is 8.03 Å². The first-order valence-corrected chi connectivity index (χ1v) is 3.46. The molecule has 0 aliphatic heterocycles. The fourth-order valence-electron chi connectivity index (χ4n) is 0.218. The van der Waals surface area contributed by atoms with Crippen molar-refractivity contribution in [3.8, 4) is 0 Å². The fraction of sp³-hybridized carbons (Fsp3) is 1.00. The number of halogens is 3. The van der Waals surface area contributed by atoms with Crippen molar-refractivity contribution in [1.82, 2.24) is 0 Å². The minimum Gasteiger partial charge on any atom is -0.596 e. The molecular formula is C3H4F3O2P. The second-order valence-electron chi connectivity index (χ2n) is 1.42. The first kappa shape index (κ1) is 8.85. The second-order valence-corrected chi connectivity index (χ2v) is 2.53. The van der Waals surface area contributed by atoms with E-state index in [-0.39, 0.29) is 0 Å². The quantitative estimate of drug-likeness (QED) is 0.566. The Hall–Kier alpha value is -0.150. The van der Waals surface area contributed by atoms with Gasteiger partial charge < -0.3 is 4.89 Å². The van der Waals surface area contributed by atoms with E-state index in [1.54, 1.807) is 0 Å². The standard InChI is InChI=1S/C3H4F3O2P/c4-3(5,6)1-2-9(7)8/h1-2H2. The molecule has 0 rings (SSSR count). The summed E-state index contributed by atoms with van der Waals surface area (Å²) in [5, 5.41) is 0. The molecule has 0 fully saturated rings. The second kappa shape index (κ2) is 3.13. The topological polar surface area (TPSA) is 40.1 Å². The van der Waals surface area contributed by atoms with E-state index in [9.17, 15) is 22.6 Å². The molecule has 0 aliphatic rings. The maximum atomic E-state index is 11.1. The maximum absolute atomic E-state index is 11.1. The first-order chi connectivity index (χ1) is 3.92. The summed E-state index contributed by atoms with van der Waals surface area (Å²) in [6.07, 6.45) is -6.40. The number of rotatable bonds is 2. The zero-order valence-corrected chi connectivity index (χ0v) is 5.21. The van der Waals surface area contributed by atoms with Crippen LogP contribution in [0.5, 0.6) is 0 Å². The normalized spacial score (nSPS) is 13.6. The summed E-state index contributed by atoms with van der Waals surface area (Å²) in [6, 6.07) is 0. The van der Waals surface area contributed by atoms with Crippen molar-refractivity contribution in [3.63, 3.8) is 0 Å². The lowest BCUT2D eigenvalue weighted by molar-refractivity contribution is -0.169. The van der Waals surface area contributed by atoms with Crippen molar-refractivity contribution in [2.45, 2.75) is 12.6 Å². The number of hydrogen-bond donors (Lipinski definition) is 0. The highest BCUT2D eigenvalue weighted by Gasteiger charge is 2.29. The van der Waals surface area contributed by atoms with Crippen molar-refractivity contribution in [3.05, 3.63) is 0 Å². The van der Waals surface area contributed by atoms with Gasteiger partial charge in [-0.25, -0.2) is 0 Å². The van der Waals surface area contributed by atoms with Crippen LogP contribution in [-0.4, -0.2) is 12.3 Å². The lowest BCUT2D eigenvalue weighted by Crippen LogP contribution is -2.09. The average molecular weight is 160 g/mol. The molecule has 0 aromatic carbocycles. The molecule has 0 aromatic heterocycles. The fourth-order valence-corrected chi connectivity index (χ4v) is 0.654. The minimum absolute atomic E-state index is 0.807. The molecule has 0 heterocycles. The van der Waals surface area contributed by atoms with Gasteiger partial charge in [0.2, 0.25) is 0 Å². The van der Waals surface area contributed by atoms with Gasteiger partial charge in [0.1, 0.15) is 0 Å². The van der Waals surface area contributed by atoms with E-state index in [4.69, 9.17) is 0 Å². The zero-order chi connectivity index (χ0) is 7.49. The van der Waals surface area contributed by atoms with E-state index in [1.807, 2.05) is 0 Å². The molecule has 1 unspecified atom stereocenters. The van der Waals surface area contributed by atoms with Gasteiger partial charge >= 0.3 is 14.2 Å². The van der Waals surface area contributed by atoms with Crippen LogP contribution in [0.25, 0.3) is 0 Å². The molecule has 2 nitrogen and oxygen atoms in total. The monoisotopic (exact) mass is 160 g/mol. The highest BCUT2D eigenvalue weighted by Crippen LogP contribution is 2.23. The molecule has 0 aromatic rings. The van der Waals surface area contributed by atoms with Crippen LogP contribution in [0.15, 0.2) is 0 Å². The molecule has 0 aliphatic carbocycles. The van der Waals surface area contributed by atoms with Crippen LogP contribution in [0.2, 0.25) is 0 Å². The Labute approximate surface area is 50.6 Å². The van der Waals surface area contributed by atoms with E-state index >= 15 is 0 Å². The third kappa shape index (κ3) is 7.85. The van der Waals surface area contributed by atoms with Crippen LogP contribution in [0.1, 0.15) is 6.42 Å². The summed E-state index contributed by atoms with van der Waals surface area (Å²) in [4.78, 5) is 9.58. The Bertz CT molecular complexity index is 110. The van der Waals surface area contributed by atoms with Crippen molar-refractivity contribution in [1.29, 1.82) is 0 Å². The van der Waals surface area contributed by atoms with Crippen LogP contribution >= 0.6 is 8.03 Å². The largest absolute Gasteiger partial charge is 0.596 e. The van der Waals surface area contributed by atoms with E-state index < -0.39 is 26.8 Å². The van der Waals surface area contributed by atoms with E-state index in [0.29, 0.717) is 0 Å². The lowest BCUT2D eigenvalue weighted by atomic mass is 10.5. The molecule has 0 radical (unpaired) electrons. The zero-order valence-electron chi connectivity index (χ0n) is 4.31. The van der Waals surface area contributed by atoms with Crippen LogP contribution in [0, 0.1) is 0 Å². The number of alkyl halides is 3. The molecular weight excluding hydrogens is 156 g/mol. The summed E-state index contributed by atoms with van der Waals surface area (Å²) >= 11 is 0. The number of hydrogen-bond acceptors (Lipinski definition) is 2. The molecule has 0 amide bonds. The molecule has 6 heteroatoms. The van der Waals surface area contributed by atoms with Crippen LogP contribution in [0.3, 0.4) is 0 Å². The van der Waals surface area contributed by atoms with Gasteiger partial charge in [-0.2, -0.15) is 13.2 Å². The Morgan fingerprint density at radius 2 is 1.89 bits per heavy atom. The predicted molar refractivity (Wildman–Crippen MR) is 23.1 cm³/mol. The molecule has 0 spiro atoms. The lowest BCUT2D eigenvalue weighted by Gasteiger charge is -1.99. The smallest absolute Gasteiger partial charge is 0.393 e. The Morgan fingerprint density at radius 1 is 1.44 bits per heavy atom. The van der Waals surface area contributed by atoms with Crippen molar-refractivity contribution < 1.29 is 22.6 Å². The Balaban J connectivity index is 3.39. The molecule has 0 saturated heterocycles. The first-order valence-electron chi connectivity index (χ1n) is 2.10. The van der Waals surface area contributed by atoms with E-state index in [0.717, 1.165) is 0 Å². The van der Waals surface area contributed by atoms with Gasteiger partial charge in [-0.15, -0.1) is 0 Å². The molecule has 0 saturated carbocycles. The van der Waals surface area contributed by atoms with Crippen molar-refractivity contribution in [2.75, 3.05) is 6.16 Å². The van der Waals surface area contributed by atoms with E-state index in [2.05, 4.69) is 0 Å². The minimum atomic E-state index is -4.35. The summed E-state index contributed by atoms with van der Waals surface area (Å²) in [5.74, 6) is 0. The highest BCUT2D eigenvalue weighted by molar-refractivity contribution is 7.36. The summed E-state index contributed by atoms with van der Waals surface area (Å²) in [6.45, 7) is 0. The average Bonchev–Trinajstić information content (AvgIpc) is 1.59. The summed E-state index contributed by atoms with van der Waals surface area (Å²) < 4.78 is 43.0. The third-order valence-corrected chi connectivity index (χ3v) is 1.17. The maximum Gasteiger partial charge on any atom is 0.393 e. The summed E-state index contributed by atoms with van der Waals surface area (Å²) in [7, 11) is -2.88. The molecule has 9 heavy (non-hydrogen) atoms. The van der Waals surface area contributed by atoms with Gasteiger partial charge in [-0.3, -0.25) is 0 Å². The van der Waals surface area contributed by atoms with Gasteiger partial charge in [-0.05, 0) is 0 Å². The van der Waals surface area contributed by atoms with Crippen LogP contribution in [-0.2, 0) is 4.57 Å². The molecule has 54 valence electrons. The van der Waals surface area contributed by atoms with Gasteiger partial charge in [0.15, 0.2) is 6.16 Å². The van der Waals surface area contributed by atoms with Gasteiger partial charge in [0, 0.05) is 0 Å². The van der Waals surface area contributed by atoms with Crippen LogP contribution < -0.4 is 4.89 Å². The SMILES string of the molecule is O=[P+]([O-])CCC(F)(F)F. The van der Waals surface area contributed by atoms with E-state index in [1.165, 1.54) is 0 Å².